The first-order valence-corrected chi connectivity index (χ1v) is 8.95. The van der Waals surface area contributed by atoms with Crippen LogP contribution in [0.5, 0.6) is 0 Å². The molecule has 3 unspecified atom stereocenters. The first-order chi connectivity index (χ1) is 11.7. The molecule has 8 nitrogen and oxygen atoms in total. The zero-order valence-corrected chi connectivity index (χ0v) is 13.9. The van der Waals surface area contributed by atoms with Gasteiger partial charge in [-0.2, -0.15) is 0 Å². The zero-order chi connectivity index (χ0) is 16.5. The van der Waals surface area contributed by atoms with Gasteiger partial charge in [0.1, 0.15) is 12.9 Å². The van der Waals surface area contributed by atoms with Crippen molar-refractivity contribution in [1.29, 1.82) is 0 Å². The third kappa shape index (κ3) is 3.14. The highest BCUT2D eigenvalue weighted by Gasteiger charge is 2.40. The molecule has 1 aromatic heterocycles. The van der Waals surface area contributed by atoms with E-state index in [-0.39, 0.29) is 18.4 Å². The minimum absolute atomic E-state index is 0.00232. The second-order valence-corrected chi connectivity index (χ2v) is 7.41. The molecule has 3 aliphatic rings. The average Bonchev–Trinajstić information content (AvgIpc) is 3.33. The first-order valence-electron chi connectivity index (χ1n) is 8.95. The van der Waals surface area contributed by atoms with Crippen LogP contribution in [0.4, 0.5) is 0 Å². The van der Waals surface area contributed by atoms with Gasteiger partial charge in [-0.3, -0.25) is 9.59 Å². The quantitative estimate of drug-likeness (QED) is 0.785. The van der Waals surface area contributed by atoms with E-state index >= 15 is 0 Å². The van der Waals surface area contributed by atoms with Gasteiger partial charge in [-0.05, 0) is 47.4 Å². The van der Waals surface area contributed by atoms with Crippen LogP contribution in [-0.2, 0) is 16.1 Å². The Labute approximate surface area is 141 Å². The molecule has 2 heterocycles. The Morgan fingerprint density at radius 2 is 1.75 bits per heavy atom. The lowest BCUT2D eigenvalue weighted by molar-refractivity contribution is -0.140. The second-order valence-electron chi connectivity index (χ2n) is 7.41. The van der Waals surface area contributed by atoms with Crippen molar-refractivity contribution >= 4 is 11.8 Å². The predicted molar refractivity (Wildman–Crippen MR) is 84.5 cm³/mol. The van der Waals surface area contributed by atoms with Crippen molar-refractivity contribution in [2.24, 2.45) is 17.8 Å². The van der Waals surface area contributed by atoms with Crippen LogP contribution in [0.25, 0.3) is 0 Å². The summed E-state index contributed by atoms with van der Waals surface area (Å²) >= 11 is 0. The maximum Gasteiger partial charge on any atom is 0.244 e. The number of hydrogen-bond acceptors (Lipinski definition) is 5. The molecule has 3 fully saturated rings. The summed E-state index contributed by atoms with van der Waals surface area (Å²) in [5, 5.41) is 10.8. The van der Waals surface area contributed by atoms with Crippen LogP contribution >= 0.6 is 0 Å². The molecule has 3 atom stereocenters. The van der Waals surface area contributed by atoms with Crippen LogP contribution < -0.4 is 0 Å². The van der Waals surface area contributed by atoms with E-state index in [4.69, 9.17) is 0 Å². The fraction of sp³-hybridized carbons (Fsp3) is 0.812. The molecule has 1 aliphatic heterocycles. The lowest BCUT2D eigenvalue weighted by Crippen LogP contribution is -2.51. The fourth-order valence-corrected chi connectivity index (χ4v) is 4.68. The molecule has 2 aliphatic carbocycles. The summed E-state index contributed by atoms with van der Waals surface area (Å²) in [6, 6.07) is 0. The average molecular weight is 332 g/mol. The summed E-state index contributed by atoms with van der Waals surface area (Å²) in [7, 11) is 0. The Morgan fingerprint density at radius 1 is 1.00 bits per heavy atom. The molecular weight excluding hydrogens is 308 g/mol. The highest BCUT2D eigenvalue weighted by Crippen LogP contribution is 2.49. The van der Waals surface area contributed by atoms with Gasteiger partial charge in [-0.25, -0.2) is 4.68 Å². The van der Waals surface area contributed by atoms with Crippen molar-refractivity contribution in [2.45, 2.75) is 38.6 Å². The lowest BCUT2D eigenvalue weighted by Gasteiger charge is -2.35. The van der Waals surface area contributed by atoms with Gasteiger partial charge < -0.3 is 9.80 Å². The first kappa shape index (κ1) is 15.5. The lowest BCUT2D eigenvalue weighted by atomic mass is 9.86. The van der Waals surface area contributed by atoms with Crippen molar-refractivity contribution in [3.63, 3.8) is 0 Å². The van der Waals surface area contributed by atoms with E-state index in [1.807, 2.05) is 4.90 Å². The highest BCUT2D eigenvalue weighted by molar-refractivity contribution is 5.78. The van der Waals surface area contributed by atoms with Gasteiger partial charge in [-0.15, -0.1) is 5.10 Å². The summed E-state index contributed by atoms with van der Waals surface area (Å²) < 4.78 is 1.43. The summed E-state index contributed by atoms with van der Waals surface area (Å²) in [6.07, 6.45) is 7.43. The molecule has 4 rings (SSSR count). The standard InChI is InChI=1S/C16H24N6O2/c23-15(9-14-8-12-1-2-13(14)7-12)20-3-5-21(6-4-20)16(24)10-22-11-17-18-19-22/h11-14H,1-10H2. The van der Waals surface area contributed by atoms with Gasteiger partial charge in [-0.1, -0.05) is 6.42 Å². The topological polar surface area (TPSA) is 84.2 Å². The number of nitrogens with zero attached hydrogens (tertiary/aromatic N) is 6. The van der Waals surface area contributed by atoms with Gasteiger partial charge in [0.2, 0.25) is 11.8 Å². The SMILES string of the molecule is O=C(CC1CC2CCC1C2)N1CCN(C(=O)Cn2cnnn2)CC1. The van der Waals surface area contributed by atoms with Crippen molar-refractivity contribution in [3.05, 3.63) is 6.33 Å². The monoisotopic (exact) mass is 332 g/mol. The molecule has 2 amide bonds. The maximum atomic E-state index is 12.6. The van der Waals surface area contributed by atoms with Gasteiger partial charge in [0.15, 0.2) is 0 Å². The Hall–Kier alpha value is -1.99. The van der Waals surface area contributed by atoms with Crippen LogP contribution in [0.1, 0.15) is 32.1 Å². The highest BCUT2D eigenvalue weighted by atomic mass is 16.2. The van der Waals surface area contributed by atoms with Crippen LogP contribution in [0.15, 0.2) is 6.33 Å². The molecule has 1 aromatic rings. The van der Waals surface area contributed by atoms with E-state index in [2.05, 4.69) is 15.5 Å². The Morgan fingerprint density at radius 3 is 2.33 bits per heavy atom. The summed E-state index contributed by atoms with van der Waals surface area (Å²) in [5.41, 5.74) is 0. The molecule has 1 saturated heterocycles. The van der Waals surface area contributed by atoms with Crippen LogP contribution in [0, 0.1) is 17.8 Å². The zero-order valence-electron chi connectivity index (χ0n) is 13.9. The van der Waals surface area contributed by atoms with Crippen LogP contribution in [0.3, 0.4) is 0 Å². The number of rotatable bonds is 4. The summed E-state index contributed by atoms with van der Waals surface area (Å²) in [5.74, 6) is 2.56. The Kier molecular flexibility index (Phi) is 4.20. The molecule has 24 heavy (non-hydrogen) atoms. The second kappa shape index (κ2) is 6.49. The van der Waals surface area contributed by atoms with Crippen molar-refractivity contribution in [3.8, 4) is 0 Å². The third-order valence-electron chi connectivity index (χ3n) is 6.00. The number of hydrogen-bond donors (Lipinski definition) is 0. The van der Waals surface area contributed by atoms with E-state index in [0.29, 0.717) is 38.5 Å². The van der Waals surface area contributed by atoms with Crippen molar-refractivity contribution in [1.82, 2.24) is 30.0 Å². The number of aromatic nitrogens is 4. The molecule has 0 N–H and O–H groups in total. The number of carbonyl (C=O) groups is 2. The number of amides is 2. The number of piperazine rings is 1. The van der Waals surface area contributed by atoms with Crippen LogP contribution in [-0.4, -0.2) is 68.0 Å². The van der Waals surface area contributed by atoms with E-state index in [9.17, 15) is 9.59 Å². The molecular formula is C16H24N6O2. The molecule has 130 valence electrons. The summed E-state index contributed by atoms with van der Waals surface area (Å²) in [6.45, 7) is 2.64. The van der Waals surface area contributed by atoms with Crippen molar-refractivity contribution < 1.29 is 9.59 Å². The Balaban J connectivity index is 1.23. The molecule has 2 saturated carbocycles. The third-order valence-corrected chi connectivity index (χ3v) is 6.00. The number of fused-ring (bicyclic) bond motifs is 2. The molecule has 0 aromatic carbocycles. The normalized spacial score (nSPS) is 29.2. The largest absolute Gasteiger partial charge is 0.339 e. The molecule has 2 bridgehead atoms. The van der Waals surface area contributed by atoms with E-state index in [1.54, 1.807) is 4.90 Å². The van der Waals surface area contributed by atoms with Gasteiger partial charge >= 0.3 is 0 Å². The molecule has 0 radical (unpaired) electrons. The Bertz CT molecular complexity index is 596. The van der Waals surface area contributed by atoms with Gasteiger partial charge in [0.05, 0.1) is 0 Å². The van der Waals surface area contributed by atoms with E-state index in [0.717, 1.165) is 11.8 Å². The smallest absolute Gasteiger partial charge is 0.244 e. The van der Waals surface area contributed by atoms with E-state index in [1.165, 1.54) is 36.7 Å². The number of carbonyl (C=O) groups excluding carboxylic acids is 2. The summed E-state index contributed by atoms with van der Waals surface area (Å²) in [4.78, 5) is 28.5. The molecule has 0 spiro atoms. The van der Waals surface area contributed by atoms with Crippen molar-refractivity contribution in [2.75, 3.05) is 26.2 Å². The van der Waals surface area contributed by atoms with E-state index < -0.39 is 0 Å². The van der Waals surface area contributed by atoms with Crippen LogP contribution in [0.2, 0.25) is 0 Å². The minimum atomic E-state index is 0.00232. The van der Waals surface area contributed by atoms with Gasteiger partial charge in [0.25, 0.3) is 0 Å². The fourth-order valence-electron chi connectivity index (χ4n) is 4.68. The maximum absolute atomic E-state index is 12.6. The minimum Gasteiger partial charge on any atom is -0.339 e. The molecule has 8 heteroatoms. The van der Waals surface area contributed by atoms with Gasteiger partial charge in [0, 0.05) is 32.6 Å². The number of tetrazole rings is 1. The predicted octanol–water partition coefficient (Wildman–Crippen LogP) is 0.170.